The summed E-state index contributed by atoms with van der Waals surface area (Å²) in [5, 5.41) is 7.82. The second-order valence-electron chi connectivity index (χ2n) is 6.95. The van der Waals surface area contributed by atoms with Gasteiger partial charge in [0, 0.05) is 36.6 Å². The number of rotatable bonds is 6. The molecule has 1 saturated heterocycles. The Morgan fingerprint density at radius 1 is 1.30 bits per heavy atom. The average Bonchev–Trinajstić information content (AvgIpc) is 2.97. The van der Waals surface area contributed by atoms with E-state index in [2.05, 4.69) is 28.6 Å². The van der Waals surface area contributed by atoms with Crippen molar-refractivity contribution in [2.75, 3.05) is 26.2 Å². The van der Waals surface area contributed by atoms with Crippen LogP contribution in [0.15, 0.2) is 33.7 Å². The first kappa shape index (κ1) is 19.6. The molecule has 148 valence electrons. The van der Waals surface area contributed by atoms with E-state index in [1.165, 1.54) is 0 Å². The summed E-state index contributed by atoms with van der Waals surface area (Å²) in [5.74, 6) is 1.60. The van der Waals surface area contributed by atoms with E-state index < -0.39 is 6.43 Å². The van der Waals surface area contributed by atoms with Crippen molar-refractivity contribution in [3.63, 3.8) is 0 Å². The van der Waals surface area contributed by atoms with E-state index in [0.29, 0.717) is 19.6 Å². The number of fused-ring (bicyclic) bond motifs is 1. The van der Waals surface area contributed by atoms with Crippen LogP contribution in [0.5, 0.6) is 0 Å². The van der Waals surface area contributed by atoms with Crippen molar-refractivity contribution in [3.8, 4) is 0 Å². The first-order valence-electron chi connectivity index (χ1n) is 9.59. The Morgan fingerprint density at radius 2 is 2.04 bits per heavy atom. The van der Waals surface area contributed by atoms with Crippen molar-refractivity contribution in [3.05, 3.63) is 35.6 Å². The van der Waals surface area contributed by atoms with Crippen LogP contribution in [0, 0.1) is 6.92 Å². The number of likely N-dealkylation sites (tertiary alicyclic amines) is 1. The van der Waals surface area contributed by atoms with Crippen LogP contribution in [0.1, 0.15) is 31.1 Å². The van der Waals surface area contributed by atoms with Crippen LogP contribution in [-0.4, -0.2) is 49.5 Å². The zero-order valence-corrected chi connectivity index (χ0v) is 16.0. The molecular weight excluding hydrogens is 350 g/mol. The highest BCUT2D eigenvalue weighted by Crippen LogP contribution is 2.25. The highest BCUT2D eigenvalue weighted by Gasteiger charge is 2.22. The molecule has 1 aromatic carbocycles. The van der Waals surface area contributed by atoms with Gasteiger partial charge in [0.2, 0.25) is 0 Å². The lowest BCUT2D eigenvalue weighted by Gasteiger charge is -2.32. The Bertz CT molecular complexity index is 766. The number of nitrogens with one attached hydrogen (secondary N) is 2. The van der Waals surface area contributed by atoms with E-state index in [9.17, 15) is 8.78 Å². The topological polar surface area (TPSA) is 52.8 Å². The van der Waals surface area contributed by atoms with Gasteiger partial charge in [-0.1, -0.05) is 18.2 Å². The van der Waals surface area contributed by atoms with Crippen LogP contribution in [0.4, 0.5) is 8.78 Å². The number of aryl methyl sites for hydroxylation is 1. The highest BCUT2D eigenvalue weighted by molar-refractivity contribution is 5.82. The third-order valence-corrected chi connectivity index (χ3v) is 4.99. The summed E-state index contributed by atoms with van der Waals surface area (Å²) >= 11 is 0. The van der Waals surface area contributed by atoms with Crippen LogP contribution in [-0.2, 0) is 6.54 Å². The van der Waals surface area contributed by atoms with E-state index in [1.54, 1.807) is 0 Å². The van der Waals surface area contributed by atoms with Crippen molar-refractivity contribution in [2.45, 2.75) is 45.7 Å². The van der Waals surface area contributed by atoms with Gasteiger partial charge in [-0.15, -0.1) is 0 Å². The standard InChI is InChI=1S/C20H28F2N4O/c1-3-23-20(25-15-8-10-26(11-9-15)13-19(21)22)24-12-18-14(2)16-6-4-5-7-17(16)27-18/h4-7,15,19H,3,8-13H2,1-2H3,(H2,23,24,25). The van der Waals surface area contributed by atoms with Gasteiger partial charge in [-0.2, -0.15) is 0 Å². The van der Waals surface area contributed by atoms with Crippen molar-refractivity contribution >= 4 is 16.9 Å². The fraction of sp³-hybridized carbons (Fsp3) is 0.550. The second kappa shape index (κ2) is 9.17. The largest absolute Gasteiger partial charge is 0.459 e. The lowest BCUT2D eigenvalue weighted by molar-refractivity contribution is 0.0744. The van der Waals surface area contributed by atoms with Gasteiger partial charge in [-0.25, -0.2) is 13.8 Å². The number of benzene rings is 1. The number of piperidine rings is 1. The normalized spacial score (nSPS) is 17.0. The van der Waals surface area contributed by atoms with Crippen LogP contribution in [0.3, 0.4) is 0 Å². The molecule has 5 nitrogen and oxygen atoms in total. The van der Waals surface area contributed by atoms with Gasteiger partial charge >= 0.3 is 0 Å². The molecule has 2 N–H and O–H groups in total. The van der Waals surface area contributed by atoms with Crippen LogP contribution in [0.25, 0.3) is 11.0 Å². The van der Waals surface area contributed by atoms with E-state index >= 15 is 0 Å². The second-order valence-corrected chi connectivity index (χ2v) is 6.95. The Hall–Kier alpha value is -2.15. The van der Waals surface area contributed by atoms with Gasteiger partial charge in [-0.05, 0) is 32.8 Å². The maximum absolute atomic E-state index is 12.5. The number of alkyl halides is 2. The Kier molecular flexibility index (Phi) is 6.66. The molecule has 0 bridgehead atoms. The van der Waals surface area contributed by atoms with Gasteiger partial charge in [0.15, 0.2) is 5.96 Å². The van der Waals surface area contributed by atoms with Crippen LogP contribution in [0.2, 0.25) is 0 Å². The summed E-state index contributed by atoms with van der Waals surface area (Å²) in [6, 6.07) is 8.23. The van der Waals surface area contributed by atoms with Crippen molar-refractivity contribution in [1.29, 1.82) is 0 Å². The van der Waals surface area contributed by atoms with Crippen molar-refractivity contribution in [2.24, 2.45) is 4.99 Å². The monoisotopic (exact) mass is 378 g/mol. The molecule has 0 amide bonds. The fourth-order valence-electron chi connectivity index (χ4n) is 3.50. The van der Waals surface area contributed by atoms with Crippen LogP contribution >= 0.6 is 0 Å². The van der Waals surface area contributed by atoms with E-state index in [-0.39, 0.29) is 12.6 Å². The Labute approximate surface area is 158 Å². The zero-order valence-electron chi connectivity index (χ0n) is 16.0. The average molecular weight is 378 g/mol. The lowest BCUT2D eigenvalue weighted by Crippen LogP contribution is -2.49. The fourth-order valence-corrected chi connectivity index (χ4v) is 3.50. The lowest BCUT2D eigenvalue weighted by atomic mass is 10.1. The summed E-state index contributed by atoms with van der Waals surface area (Å²) in [6.45, 7) is 6.53. The predicted octanol–water partition coefficient (Wildman–Crippen LogP) is 3.53. The minimum Gasteiger partial charge on any atom is -0.459 e. The summed E-state index contributed by atoms with van der Waals surface area (Å²) in [4.78, 5) is 6.49. The maximum atomic E-state index is 12.5. The highest BCUT2D eigenvalue weighted by atomic mass is 19.3. The van der Waals surface area contributed by atoms with Gasteiger partial charge in [0.25, 0.3) is 6.43 Å². The summed E-state index contributed by atoms with van der Waals surface area (Å²) in [5.41, 5.74) is 2.00. The molecule has 1 aliphatic rings. The first-order chi connectivity index (χ1) is 13.1. The Morgan fingerprint density at radius 3 is 2.70 bits per heavy atom. The molecule has 0 atom stereocenters. The molecule has 0 saturated carbocycles. The van der Waals surface area contributed by atoms with Gasteiger partial charge in [-0.3, -0.25) is 4.90 Å². The van der Waals surface area contributed by atoms with Crippen molar-refractivity contribution in [1.82, 2.24) is 15.5 Å². The third-order valence-electron chi connectivity index (χ3n) is 4.99. The number of furan rings is 1. The number of aliphatic imine (C=N–C) groups is 1. The molecule has 2 heterocycles. The van der Waals surface area contributed by atoms with E-state index in [1.807, 2.05) is 30.0 Å². The molecule has 1 aromatic heterocycles. The molecule has 1 aliphatic heterocycles. The molecule has 0 spiro atoms. The number of nitrogens with zero attached hydrogens (tertiary/aromatic N) is 2. The van der Waals surface area contributed by atoms with Gasteiger partial charge < -0.3 is 15.1 Å². The zero-order chi connectivity index (χ0) is 19.2. The summed E-state index contributed by atoms with van der Waals surface area (Å²) in [6.07, 6.45) is -0.595. The number of halogens is 2. The van der Waals surface area contributed by atoms with Crippen molar-refractivity contribution < 1.29 is 13.2 Å². The minimum absolute atomic E-state index is 0.133. The smallest absolute Gasteiger partial charge is 0.251 e. The number of hydrogen-bond acceptors (Lipinski definition) is 3. The molecular formula is C20H28F2N4O. The van der Waals surface area contributed by atoms with Crippen LogP contribution < -0.4 is 10.6 Å². The molecule has 27 heavy (non-hydrogen) atoms. The molecule has 0 aliphatic carbocycles. The van der Waals surface area contributed by atoms with Gasteiger partial charge in [0.05, 0.1) is 6.54 Å². The maximum Gasteiger partial charge on any atom is 0.251 e. The molecule has 0 unspecified atom stereocenters. The molecule has 7 heteroatoms. The molecule has 2 aromatic rings. The third kappa shape index (κ3) is 5.19. The number of hydrogen-bond donors (Lipinski definition) is 2. The molecule has 0 radical (unpaired) electrons. The quantitative estimate of drug-likeness (QED) is 0.597. The first-order valence-corrected chi connectivity index (χ1v) is 9.59. The van der Waals surface area contributed by atoms with E-state index in [0.717, 1.165) is 47.6 Å². The number of guanidine groups is 1. The number of para-hydroxylation sites is 1. The molecule has 3 rings (SSSR count). The SMILES string of the molecule is CCNC(=NCc1oc2ccccc2c1C)NC1CCN(CC(F)F)CC1. The summed E-state index contributed by atoms with van der Waals surface area (Å²) in [7, 11) is 0. The predicted molar refractivity (Wildman–Crippen MR) is 104 cm³/mol. The minimum atomic E-state index is -2.26. The van der Waals surface area contributed by atoms with Gasteiger partial charge in [0.1, 0.15) is 17.9 Å². The summed E-state index contributed by atoms with van der Waals surface area (Å²) < 4.78 is 30.9. The Balaban J connectivity index is 1.60. The molecule has 1 fully saturated rings. The van der Waals surface area contributed by atoms with E-state index in [4.69, 9.17) is 4.42 Å².